The number of unbranched alkanes of at least 4 members (excludes halogenated alkanes) is 1. The summed E-state index contributed by atoms with van der Waals surface area (Å²) in [5, 5.41) is 3.29. The molecule has 0 spiro atoms. The van der Waals surface area contributed by atoms with Crippen LogP contribution in [0, 0.1) is 11.6 Å². The van der Waals surface area contributed by atoms with Crippen LogP contribution in [-0.4, -0.2) is 37.5 Å². The molecule has 0 saturated heterocycles. The van der Waals surface area contributed by atoms with Gasteiger partial charge in [-0.15, -0.1) is 30.6 Å². The van der Waals surface area contributed by atoms with E-state index in [0.717, 1.165) is 31.8 Å². The van der Waals surface area contributed by atoms with Gasteiger partial charge in [-0.05, 0) is 31.4 Å². The number of hydrogen-bond acceptors (Lipinski definition) is 1. The van der Waals surface area contributed by atoms with Crippen molar-refractivity contribution in [3.63, 3.8) is 0 Å². The van der Waals surface area contributed by atoms with Crippen LogP contribution in [0.2, 0.25) is 0 Å². The average Bonchev–Trinajstić information content (AvgIpc) is 3.23. The average molecular weight is 435 g/mol. The predicted octanol–water partition coefficient (Wildman–Crippen LogP) is 3.91. The summed E-state index contributed by atoms with van der Waals surface area (Å²) in [4.78, 5) is 6.26. The molecule has 1 fully saturated rings. The zero-order valence-corrected chi connectivity index (χ0v) is 15.9. The summed E-state index contributed by atoms with van der Waals surface area (Å²) in [5.74, 6) is -0.305. The molecule has 2 unspecified atom stereocenters. The number of rotatable bonds is 6. The molecule has 0 aliphatic heterocycles. The number of benzene rings is 1. The van der Waals surface area contributed by atoms with Crippen LogP contribution in [0.25, 0.3) is 0 Å². The predicted molar refractivity (Wildman–Crippen MR) is 101 cm³/mol. The maximum absolute atomic E-state index is 13.8. The molecular formula is C17H24F2IN3. The molecule has 0 aromatic heterocycles. The second-order valence-corrected chi connectivity index (χ2v) is 5.63. The fraction of sp³-hybridized carbons (Fsp3) is 0.471. The van der Waals surface area contributed by atoms with Gasteiger partial charge in [-0.25, -0.2) is 8.78 Å². The summed E-state index contributed by atoms with van der Waals surface area (Å²) in [6, 6.07) is 4.05. The van der Waals surface area contributed by atoms with E-state index in [9.17, 15) is 8.78 Å². The lowest BCUT2D eigenvalue weighted by molar-refractivity contribution is 0.468. The molecule has 0 heterocycles. The minimum Gasteiger partial charge on any atom is -0.353 e. The quantitative estimate of drug-likeness (QED) is 0.241. The molecule has 23 heavy (non-hydrogen) atoms. The van der Waals surface area contributed by atoms with Gasteiger partial charge < -0.3 is 10.2 Å². The fourth-order valence-corrected chi connectivity index (χ4v) is 2.63. The molecule has 2 rings (SSSR count). The lowest BCUT2D eigenvalue weighted by Crippen LogP contribution is -2.40. The zero-order chi connectivity index (χ0) is 16.1. The summed E-state index contributed by atoms with van der Waals surface area (Å²) in [7, 11) is 3.67. The van der Waals surface area contributed by atoms with Crippen LogP contribution < -0.4 is 5.32 Å². The van der Waals surface area contributed by atoms with Gasteiger partial charge in [0.15, 0.2) is 5.96 Å². The maximum Gasteiger partial charge on any atom is 0.193 e. The van der Waals surface area contributed by atoms with Gasteiger partial charge in [-0.2, -0.15) is 0 Å². The van der Waals surface area contributed by atoms with E-state index >= 15 is 0 Å². The molecular weight excluding hydrogens is 411 g/mol. The van der Waals surface area contributed by atoms with Crippen molar-refractivity contribution in [1.29, 1.82) is 0 Å². The van der Waals surface area contributed by atoms with Crippen molar-refractivity contribution >= 4 is 29.9 Å². The number of hydrogen-bond donors (Lipinski definition) is 1. The van der Waals surface area contributed by atoms with Gasteiger partial charge in [0.25, 0.3) is 0 Å². The van der Waals surface area contributed by atoms with Crippen molar-refractivity contribution < 1.29 is 8.78 Å². The van der Waals surface area contributed by atoms with Gasteiger partial charge in [-0.1, -0.05) is 12.1 Å². The molecule has 0 bridgehead atoms. The number of allylic oxidation sites excluding steroid dienone is 1. The van der Waals surface area contributed by atoms with Gasteiger partial charge in [0.05, 0.1) is 0 Å². The first-order valence-electron chi connectivity index (χ1n) is 7.57. The summed E-state index contributed by atoms with van der Waals surface area (Å²) in [6.45, 7) is 4.56. The molecule has 1 aliphatic rings. The molecule has 1 aliphatic carbocycles. The van der Waals surface area contributed by atoms with E-state index in [1.165, 1.54) is 18.2 Å². The van der Waals surface area contributed by atoms with E-state index in [2.05, 4.69) is 16.9 Å². The third-order valence-electron chi connectivity index (χ3n) is 3.95. The molecule has 1 aromatic rings. The lowest BCUT2D eigenvalue weighted by atomic mass is 10.1. The third-order valence-corrected chi connectivity index (χ3v) is 3.95. The Hall–Kier alpha value is -1.18. The molecule has 3 nitrogen and oxygen atoms in total. The van der Waals surface area contributed by atoms with Crippen LogP contribution in [0.1, 0.15) is 30.7 Å². The smallest absolute Gasteiger partial charge is 0.193 e. The number of halogens is 3. The largest absolute Gasteiger partial charge is 0.353 e. The molecule has 128 valence electrons. The lowest BCUT2D eigenvalue weighted by Gasteiger charge is -2.22. The second kappa shape index (κ2) is 9.20. The van der Waals surface area contributed by atoms with Gasteiger partial charge in [0, 0.05) is 38.2 Å². The Balaban J connectivity index is 0.00000264. The summed E-state index contributed by atoms with van der Waals surface area (Å²) in [5.41, 5.74) is 0.185. The second-order valence-electron chi connectivity index (χ2n) is 5.63. The van der Waals surface area contributed by atoms with E-state index in [1.54, 1.807) is 7.05 Å². The fourth-order valence-electron chi connectivity index (χ4n) is 2.63. The number of aliphatic imine (C=N–C) groups is 1. The van der Waals surface area contributed by atoms with E-state index in [1.807, 2.05) is 18.0 Å². The van der Waals surface area contributed by atoms with Crippen LogP contribution >= 0.6 is 24.0 Å². The topological polar surface area (TPSA) is 27.6 Å². The molecule has 1 aromatic carbocycles. The Kier molecular flexibility index (Phi) is 7.94. The minimum absolute atomic E-state index is 0. The van der Waals surface area contributed by atoms with Crippen molar-refractivity contribution in [3.8, 4) is 0 Å². The Morgan fingerprint density at radius 3 is 2.65 bits per heavy atom. The van der Waals surface area contributed by atoms with Gasteiger partial charge in [0.1, 0.15) is 11.6 Å². The first-order valence-corrected chi connectivity index (χ1v) is 7.57. The third kappa shape index (κ3) is 5.16. The monoisotopic (exact) mass is 435 g/mol. The van der Waals surface area contributed by atoms with Crippen LogP contribution in [0.3, 0.4) is 0 Å². The Bertz CT molecular complexity index is 543. The van der Waals surface area contributed by atoms with Crippen molar-refractivity contribution in [2.45, 2.75) is 31.2 Å². The first-order chi connectivity index (χ1) is 10.6. The zero-order valence-electron chi connectivity index (χ0n) is 13.6. The molecule has 1 N–H and O–H groups in total. The van der Waals surface area contributed by atoms with E-state index in [-0.39, 0.29) is 41.5 Å². The van der Waals surface area contributed by atoms with Crippen LogP contribution in [0.4, 0.5) is 8.78 Å². The summed E-state index contributed by atoms with van der Waals surface area (Å²) < 4.78 is 27.6. The van der Waals surface area contributed by atoms with Gasteiger partial charge in [0.2, 0.25) is 0 Å². The molecule has 2 atom stereocenters. The maximum atomic E-state index is 13.8. The Morgan fingerprint density at radius 2 is 2.09 bits per heavy atom. The van der Waals surface area contributed by atoms with Crippen molar-refractivity contribution in [3.05, 3.63) is 48.1 Å². The Labute approximate surface area is 153 Å². The molecule has 6 heteroatoms. The molecule has 1 saturated carbocycles. The van der Waals surface area contributed by atoms with Crippen LogP contribution in [0.15, 0.2) is 35.8 Å². The van der Waals surface area contributed by atoms with E-state index in [4.69, 9.17) is 0 Å². The first kappa shape index (κ1) is 19.9. The molecule has 0 radical (unpaired) electrons. The highest BCUT2D eigenvalue weighted by Gasteiger charge is 2.42. The van der Waals surface area contributed by atoms with Crippen LogP contribution in [-0.2, 0) is 0 Å². The SMILES string of the molecule is C=CCCCN(C)C(=NC)NC1CC1c1c(F)cccc1F.I. The van der Waals surface area contributed by atoms with Crippen molar-refractivity contribution in [2.24, 2.45) is 4.99 Å². The summed E-state index contributed by atoms with van der Waals surface area (Å²) in [6.07, 6.45) is 4.56. The van der Waals surface area contributed by atoms with Crippen molar-refractivity contribution in [1.82, 2.24) is 10.2 Å². The van der Waals surface area contributed by atoms with E-state index < -0.39 is 11.6 Å². The number of nitrogens with one attached hydrogen (secondary N) is 1. The number of guanidine groups is 1. The highest BCUT2D eigenvalue weighted by molar-refractivity contribution is 14.0. The normalized spacial score (nSPS) is 19.7. The Morgan fingerprint density at radius 1 is 1.43 bits per heavy atom. The van der Waals surface area contributed by atoms with Gasteiger partial charge in [-0.3, -0.25) is 4.99 Å². The molecule has 0 amide bonds. The van der Waals surface area contributed by atoms with Crippen molar-refractivity contribution in [2.75, 3.05) is 20.6 Å². The summed E-state index contributed by atoms with van der Waals surface area (Å²) >= 11 is 0. The standard InChI is InChI=1S/C17H23F2N3.HI/c1-4-5-6-10-22(3)17(20-2)21-15-11-12(15)16-13(18)8-7-9-14(16)19;/h4,7-9,12,15H,1,5-6,10-11H2,2-3H3,(H,20,21);1H. The minimum atomic E-state index is -0.469. The number of nitrogens with zero attached hydrogens (tertiary/aromatic N) is 2. The van der Waals surface area contributed by atoms with Gasteiger partial charge >= 0.3 is 0 Å². The van der Waals surface area contributed by atoms with Crippen LogP contribution in [0.5, 0.6) is 0 Å². The highest BCUT2D eigenvalue weighted by Crippen LogP contribution is 2.43. The highest BCUT2D eigenvalue weighted by atomic mass is 127. The van der Waals surface area contributed by atoms with E-state index in [0.29, 0.717) is 0 Å².